The summed E-state index contributed by atoms with van der Waals surface area (Å²) in [5.74, 6) is 0. The van der Waals surface area contributed by atoms with Gasteiger partial charge in [0.1, 0.15) is 0 Å². The number of hydrogen-bond donors (Lipinski definition) is 0. The lowest BCUT2D eigenvalue weighted by molar-refractivity contribution is 0.803. The lowest BCUT2D eigenvalue weighted by Crippen LogP contribution is -2.26. The van der Waals surface area contributed by atoms with Crippen LogP contribution in [0.25, 0.3) is 54.6 Å². The second kappa shape index (κ2) is 10.8. The van der Waals surface area contributed by atoms with Gasteiger partial charge in [0.15, 0.2) is 0 Å². The second-order valence-corrected chi connectivity index (χ2v) is 13.9. The largest absolute Gasteiger partial charge is 0.310 e. The first-order valence-electron chi connectivity index (χ1n) is 17.8. The number of rotatable bonds is 3. The van der Waals surface area contributed by atoms with E-state index in [0.29, 0.717) is 5.56 Å². The Morgan fingerprint density at radius 2 is 0.981 bits per heavy atom. The van der Waals surface area contributed by atoms with Crippen molar-refractivity contribution < 1.29 is 0 Å². The molecule has 9 aromatic rings. The third kappa shape index (κ3) is 3.77. The van der Waals surface area contributed by atoms with Gasteiger partial charge in [0.05, 0.1) is 17.0 Å². The molecule has 52 heavy (non-hydrogen) atoms. The number of nitrogens with zero attached hydrogens (tertiary/aromatic N) is 2. The van der Waals surface area contributed by atoms with E-state index >= 15 is 0 Å². The van der Waals surface area contributed by atoms with Crippen molar-refractivity contribution in [2.75, 3.05) is 4.90 Å². The van der Waals surface area contributed by atoms with Crippen molar-refractivity contribution in [1.29, 1.82) is 5.26 Å². The fourth-order valence-corrected chi connectivity index (χ4v) is 9.38. The van der Waals surface area contributed by atoms with Crippen molar-refractivity contribution in [3.63, 3.8) is 0 Å². The summed E-state index contributed by atoms with van der Waals surface area (Å²) in [5, 5.41) is 17.1. The lowest BCUT2D eigenvalue weighted by Gasteiger charge is -2.32. The zero-order valence-corrected chi connectivity index (χ0v) is 28.2. The Kier molecular flexibility index (Phi) is 5.98. The number of benzene rings is 9. The van der Waals surface area contributed by atoms with Gasteiger partial charge in [-0.15, -0.1) is 0 Å². The maximum Gasteiger partial charge on any atom is 0.0991 e. The molecule has 0 heterocycles. The summed E-state index contributed by atoms with van der Waals surface area (Å²) < 4.78 is 0. The predicted molar refractivity (Wildman–Crippen MR) is 215 cm³/mol. The maximum absolute atomic E-state index is 9.56. The van der Waals surface area contributed by atoms with Crippen LogP contribution in [-0.2, 0) is 5.41 Å². The quantitative estimate of drug-likeness (QED) is 0.177. The van der Waals surface area contributed by atoms with Crippen LogP contribution in [0.5, 0.6) is 0 Å². The Morgan fingerprint density at radius 1 is 0.404 bits per heavy atom. The van der Waals surface area contributed by atoms with Gasteiger partial charge in [-0.05, 0) is 137 Å². The molecule has 11 rings (SSSR count). The van der Waals surface area contributed by atoms with E-state index in [-0.39, 0.29) is 0 Å². The Morgan fingerprint density at radius 3 is 1.69 bits per heavy atom. The molecule has 2 heteroatoms. The molecule has 9 aromatic carbocycles. The van der Waals surface area contributed by atoms with E-state index in [4.69, 9.17) is 0 Å². The fourth-order valence-electron chi connectivity index (χ4n) is 9.38. The Bertz CT molecular complexity index is 2920. The smallest absolute Gasteiger partial charge is 0.0991 e. The highest BCUT2D eigenvalue weighted by molar-refractivity contribution is 6.21. The van der Waals surface area contributed by atoms with Gasteiger partial charge in [-0.3, -0.25) is 0 Å². The number of nitriles is 1. The van der Waals surface area contributed by atoms with Gasteiger partial charge in [0.25, 0.3) is 0 Å². The van der Waals surface area contributed by atoms with Gasteiger partial charge in [-0.2, -0.15) is 5.26 Å². The predicted octanol–water partition coefficient (Wildman–Crippen LogP) is 12.8. The molecule has 0 aliphatic heterocycles. The molecule has 0 saturated heterocycles. The zero-order chi connectivity index (χ0) is 34.4. The van der Waals surface area contributed by atoms with Gasteiger partial charge in [0, 0.05) is 17.1 Å². The van der Waals surface area contributed by atoms with Gasteiger partial charge in [-0.1, -0.05) is 121 Å². The van der Waals surface area contributed by atoms with Crippen LogP contribution in [0, 0.1) is 11.3 Å². The molecule has 0 saturated carbocycles. The number of anilines is 3. The van der Waals surface area contributed by atoms with E-state index in [9.17, 15) is 5.26 Å². The van der Waals surface area contributed by atoms with E-state index in [2.05, 4.69) is 169 Å². The van der Waals surface area contributed by atoms with Crippen LogP contribution in [0.1, 0.15) is 27.8 Å². The van der Waals surface area contributed by atoms with Crippen molar-refractivity contribution in [2.24, 2.45) is 0 Å². The molecule has 2 aliphatic rings. The monoisotopic (exact) mass is 658 g/mol. The Hall–Kier alpha value is -6.95. The summed E-state index contributed by atoms with van der Waals surface area (Å²) in [6, 6.07) is 68.5. The topological polar surface area (TPSA) is 27.0 Å². The van der Waals surface area contributed by atoms with Crippen LogP contribution in [0.3, 0.4) is 0 Å². The summed E-state index contributed by atoms with van der Waals surface area (Å²) in [5.41, 5.74) is 13.9. The molecule has 240 valence electrons. The van der Waals surface area contributed by atoms with Crippen LogP contribution in [0.4, 0.5) is 17.1 Å². The van der Waals surface area contributed by atoms with Crippen LogP contribution in [0.2, 0.25) is 0 Å². The van der Waals surface area contributed by atoms with E-state index in [1.165, 1.54) is 76.8 Å². The molecular formula is C50H30N2. The third-order valence-corrected chi connectivity index (χ3v) is 11.4. The first-order valence-corrected chi connectivity index (χ1v) is 17.8. The lowest BCUT2D eigenvalue weighted by atomic mass is 9.69. The van der Waals surface area contributed by atoms with Crippen LogP contribution >= 0.6 is 0 Å². The normalized spacial score (nSPS) is 13.1. The van der Waals surface area contributed by atoms with Gasteiger partial charge in [-0.25, -0.2) is 0 Å². The first-order chi connectivity index (χ1) is 25.8. The Labute approximate surface area is 302 Å². The molecule has 2 aliphatic carbocycles. The molecule has 0 N–H and O–H groups in total. The molecule has 0 atom stereocenters. The van der Waals surface area contributed by atoms with Crippen molar-refractivity contribution in [2.45, 2.75) is 5.41 Å². The molecule has 0 amide bonds. The molecule has 2 nitrogen and oxygen atoms in total. The van der Waals surface area contributed by atoms with Crippen molar-refractivity contribution in [3.8, 4) is 28.3 Å². The van der Waals surface area contributed by atoms with Crippen LogP contribution in [-0.4, -0.2) is 0 Å². The van der Waals surface area contributed by atoms with E-state index in [0.717, 1.165) is 17.1 Å². The van der Waals surface area contributed by atoms with E-state index < -0.39 is 5.41 Å². The molecular weight excluding hydrogens is 629 g/mol. The van der Waals surface area contributed by atoms with Gasteiger partial charge < -0.3 is 4.90 Å². The number of para-hydroxylation sites is 1. The Balaban J connectivity index is 1.29. The number of fused-ring (bicyclic) bond motifs is 16. The highest BCUT2D eigenvalue weighted by atomic mass is 15.1. The van der Waals surface area contributed by atoms with Crippen LogP contribution < -0.4 is 4.90 Å². The average Bonchev–Trinajstić information content (AvgIpc) is 3.68. The highest BCUT2D eigenvalue weighted by Crippen LogP contribution is 2.66. The minimum Gasteiger partial charge on any atom is -0.310 e. The maximum atomic E-state index is 9.56. The van der Waals surface area contributed by atoms with E-state index in [1.807, 2.05) is 24.3 Å². The van der Waals surface area contributed by atoms with Crippen molar-refractivity contribution in [1.82, 2.24) is 0 Å². The zero-order valence-electron chi connectivity index (χ0n) is 28.2. The van der Waals surface area contributed by atoms with E-state index in [1.54, 1.807) is 0 Å². The number of hydrogen-bond acceptors (Lipinski definition) is 2. The molecule has 0 bridgehead atoms. The minimum atomic E-state index is -0.488. The molecule has 0 fully saturated rings. The highest BCUT2D eigenvalue weighted by Gasteiger charge is 2.53. The summed E-state index contributed by atoms with van der Waals surface area (Å²) in [4.78, 5) is 2.29. The van der Waals surface area contributed by atoms with Crippen molar-refractivity contribution >= 4 is 49.4 Å². The standard InChI is InChI=1S/C50H30N2/c51-31-32-22-24-36(25-23-32)52(35-14-2-1-3-15-35)37-26-27-42-43(30-37)38-16-6-7-19-41(38)48-44-28-33-12-4-5-13-34(33)29-47(44)50(49(42)48)45-20-10-8-17-39(45)40-18-9-11-21-46(40)50/h1-30H. The molecule has 0 unspecified atom stereocenters. The third-order valence-electron chi connectivity index (χ3n) is 11.4. The second-order valence-electron chi connectivity index (χ2n) is 13.9. The summed E-state index contributed by atoms with van der Waals surface area (Å²) in [6.45, 7) is 0. The average molecular weight is 659 g/mol. The van der Waals surface area contributed by atoms with Gasteiger partial charge in [0.2, 0.25) is 0 Å². The molecule has 0 radical (unpaired) electrons. The summed E-state index contributed by atoms with van der Waals surface area (Å²) >= 11 is 0. The van der Waals surface area contributed by atoms with Gasteiger partial charge >= 0.3 is 0 Å². The summed E-state index contributed by atoms with van der Waals surface area (Å²) in [7, 11) is 0. The first kappa shape index (κ1) is 28.8. The molecule has 0 aromatic heterocycles. The van der Waals surface area contributed by atoms with Crippen molar-refractivity contribution in [3.05, 3.63) is 210 Å². The fraction of sp³-hybridized carbons (Fsp3) is 0.0200. The molecule has 1 spiro atoms. The summed E-state index contributed by atoms with van der Waals surface area (Å²) in [6.07, 6.45) is 0. The minimum absolute atomic E-state index is 0.488. The SMILES string of the molecule is N#Cc1ccc(N(c2ccccc2)c2ccc3c4c(c5ccccc5c3c2)-c2cc3ccccc3cc2C42c3ccccc3-c3ccccc32)cc1. The van der Waals surface area contributed by atoms with Crippen LogP contribution in [0.15, 0.2) is 182 Å².